The average molecular weight is 343 g/mol. The minimum Gasteiger partial charge on any atom is -0.469 e. The minimum atomic E-state index is -0.771. The lowest BCUT2D eigenvalue weighted by Crippen LogP contribution is -2.41. The Morgan fingerprint density at radius 3 is 2.39 bits per heavy atom. The Balaban J connectivity index is 2.40. The zero-order valence-corrected chi connectivity index (χ0v) is 14.7. The van der Waals surface area contributed by atoms with Gasteiger partial charge < -0.3 is 14.0 Å². The summed E-state index contributed by atoms with van der Waals surface area (Å²) in [6.07, 6.45) is -0.0649. The van der Waals surface area contributed by atoms with Crippen LogP contribution in [0.1, 0.15) is 45.5 Å². The number of hydrogen-bond donors (Lipinski definition) is 0. The van der Waals surface area contributed by atoms with Crippen molar-refractivity contribution in [2.24, 2.45) is 0 Å². The zero-order valence-electron chi connectivity index (χ0n) is 14.0. The van der Waals surface area contributed by atoms with E-state index in [4.69, 9.17) is 25.6 Å². The van der Waals surface area contributed by atoms with Crippen LogP contribution in [0.25, 0.3) is 0 Å². The van der Waals surface area contributed by atoms with Crippen molar-refractivity contribution in [3.8, 4) is 0 Å². The van der Waals surface area contributed by atoms with Crippen molar-refractivity contribution in [2.75, 3.05) is 7.11 Å². The van der Waals surface area contributed by atoms with E-state index < -0.39 is 35.9 Å². The van der Waals surface area contributed by atoms with Crippen molar-refractivity contribution in [3.05, 3.63) is 34.6 Å². The molecule has 7 heteroatoms. The smallest absolute Gasteiger partial charge is 0.466 e. The van der Waals surface area contributed by atoms with E-state index in [0.717, 1.165) is 0 Å². The largest absolute Gasteiger partial charge is 0.469 e. The molecule has 0 amide bonds. The highest BCUT2D eigenvalue weighted by atomic mass is 35.5. The predicted molar refractivity (Wildman–Crippen MR) is 86.9 cm³/mol. The van der Waals surface area contributed by atoms with E-state index in [0.29, 0.717) is 0 Å². The molecule has 0 aliphatic carbocycles. The summed E-state index contributed by atoms with van der Waals surface area (Å²) in [5, 5.41) is -0.00566. The summed E-state index contributed by atoms with van der Waals surface area (Å²) in [4.78, 5) is 11.8. The highest BCUT2D eigenvalue weighted by Crippen LogP contribution is 2.42. The Morgan fingerprint density at radius 1 is 1.30 bits per heavy atom. The van der Waals surface area contributed by atoms with Crippen molar-refractivity contribution in [1.29, 1.82) is 0 Å². The fraction of sp³-hybridized carbons (Fsp3) is 0.562. The number of esters is 1. The molecule has 1 aromatic carbocycles. The van der Waals surface area contributed by atoms with Gasteiger partial charge in [0.2, 0.25) is 0 Å². The monoisotopic (exact) mass is 342 g/mol. The number of methoxy groups -OCH3 is 1. The molecule has 1 aliphatic heterocycles. The van der Waals surface area contributed by atoms with E-state index in [1.165, 1.54) is 13.2 Å². The first-order chi connectivity index (χ1) is 10.6. The highest BCUT2D eigenvalue weighted by molar-refractivity contribution is 6.48. The number of ether oxygens (including phenoxy) is 1. The van der Waals surface area contributed by atoms with Crippen LogP contribution < -0.4 is 0 Å². The van der Waals surface area contributed by atoms with Crippen LogP contribution in [0, 0.1) is 5.82 Å². The zero-order chi connectivity index (χ0) is 17.4. The van der Waals surface area contributed by atoms with Crippen molar-refractivity contribution in [3.63, 3.8) is 0 Å². The van der Waals surface area contributed by atoms with Crippen LogP contribution in [0.3, 0.4) is 0 Å². The molecule has 0 radical (unpaired) electrons. The molecule has 1 aromatic rings. The molecule has 1 saturated heterocycles. The lowest BCUT2D eigenvalue weighted by Gasteiger charge is -2.32. The second-order valence-electron chi connectivity index (χ2n) is 6.65. The van der Waals surface area contributed by atoms with Gasteiger partial charge in [0.25, 0.3) is 0 Å². The number of halogens is 2. The molecule has 4 nitrogen and oxygen atoms in total. The first kappa shape index (κ1) is 18.2. The van der Waals surface area contributed by atoms with Gasteiger partial charge in [0.05, 0.1) is 29.8 Å². The average Bonchev–Trinajstić information content (AvgIpc) is 2.67. The maximum absolute atomic E-state index is 14.4. The third-order valence-corrected chi connectivity index (χ3v) is 4.89. The topological polar surface area (TPSA) is 44.8 Å². The van der Waals surface area contributed by atoms with Gasteiger partial charge in [-0.1, -0.05) is 23.7 Å². The van der Waals surface area contributed by atoms with Crippen LogP contribution in [0.5, 0.6) is 0 Å². The summed E-state index contributed by atoms with van der Waals surface area (Å²) < 4.78 is 31.1. The van der Waals surface area contributed by atoms with Crippen LogP contribution in [0.15, 0.2) is 18.2 Å². The van der Waals surface area contributed by atoms with Crippen molar-refractivity contribution in [2.45, 2.75) is 51.1 Å². The summed E-state index contributed by atoms with van der Waals surface area (Å²) in [6, 6.07) is 4.68. The molecule has 1 unspecified atom stereocenters. The number of rotatable bonds is 4. The standard InChI is InChI=1S/C16H21BClFO4/c1-15(2)16(3,4)23-17(22-15)11(9-13(20)21-5)10-7-6-8-12(18)14(10)19/h6-8,11H,9H2,1-5H3. The van der Waals surface area contributed by atoms with Crippen molar-refractivity contribution >= 4 is 24.7 Å². The van der Waals surface area contributed by atoms with E-state index in [9.17, 15) is 9.18 Å². The molecule has 0 aromatic heterocycles. The highest BCUT2D eigenvalue weighted by Gasteiger charge is 2.54. The van der Waals surface area contributed by atoms with Crippen LogP contribution >= 0.6 is 11.6 Å². The predicted octanol–water partition coefficient (Wildman–Crippen LogP) is 3.76. The molecular formula is C16H21BClFO4. The molecule has 1 atom stereocenters. The molecule has 0 N–H and O–H groups in total. The number of benzene rings is 1. The molecular weight excluding hydrogens is 321 g/mol. The normalized spacial score (nSPS) is 20.4. The van der Waals surface area contributed by atoms with Gasteiger partial charge in [0.1, 0.15) is 5.82 Å². The molecule has 0 spiro atoms. The second kappa shape index (κ2) is 6.42. The number of carbonyl (C=O) groups excluding carboxylic acids is 1. The summed E-state index contributed by atoms with van der Waals surface area (Å²) in [5.74, 6) is -1.69. The number of carbonyl (C=O) groups is 1. The summed E-state index contributed by atoms with van der Waals surface area (Å²) in [5.41, 5.74) is -0.885. The molecule has 1 aliphatic rings. The first-order valence-electron chi connectivity index (χ1n) is 7.45. The molecule has 2 rings (SSSR count). The quantitative estimate of drug-likeness (QED) is 0.617. The maximum atomic E-state index is 14.4. The van der Waals surface area contributed by atoms with E-state index in [-0.39, 0.29) is 17.0 Å². The van der Waals surface area contributed by atoms with Gasteiger partial charge in [-0.25, -0.2) is 4.39 Å². The van der Waals surface area contributed by atoms with E-state index >= 15 is 0 Å². The molecule has 0 bridgehead atoms. The maximum Gasteiger partial charge on any atom is 0.466 e. The fourth-order valence-corrected chi connectivity index (χ4v) is 2.66. The summed E-state index contributed by atoms with van der Waals surface area (Å²) in [7, 11) is 0.518. The van der Waals surface area contributed by atoms with Gasteiger partial charge in [-0.15, -0.1) is 0 Å². The minimum absolute atomic E-state index is 0.00566. The van der Waals surface area contributed by atoms with Crippen LogP contribution in [0.2, 0.25) is 5.02 Å². The molecule has 0 saturated carbocycles. The fourth-order valence-electron chi connectivity index (χ4n) is 2.48. The summed E-state index contributed by atoms with van der Waals surface area (Å²) in [6.45, 7) is 7.60. The lowest BCUT2D eigenvalue weighted by molar-refractivity contribution is -0.140. The van der Waals surface area contributed by atoms with Crippen LogP contribution in [-0.2, 0) is 18.8 Å². The Bertz CT molecular complexity index is 590. The molecule has 126 valence electrons. The Hall–Kier alpha value is -1.11. The van der Waals surface area contributed by atoms with E-state index in [1.807, 2.05) is 27.7 Å². The molecule has 23 heavy (non-hydrogen) atoms. The Kier molecular flexibility index (Phi) is 5.09. The first-order valence-corrected chi connectivity index (χ1v) is 7.83. The molecule has 1 fully saturated rings. The molecule has 1 heterocycles. The van der Waals surface area contributed by atoms with E-state index in [2.05, 4.69) is 0 Å². The second-order valence-corrected chi connectivity index (χ2v) is 7.06. The SMILES string of the molecule is COC(=O)CC(B1OC(C)(C)C(C)(C)O1)c1cccc(Cl)c1F. The van der Waals surface area contributed by atoms with Crippen LogP contribution in [0.4, 0.5) is 4.39 Å². The summed E-state index contributed by atoms with van der Waals surface area (Å²) >= 11 is 5.87. The van der Waals surface area contributed by atoms with Gasteiger partial charge >= 0.3 is 13.1 Å². The van der Waals surface area contributed by atoms with Gasteiger partial charge in [-0.05, 0) is 39.3 Å². The Morgan fingerprint density at radius 2 is 1.87 bits per heavy atom. The van der Waals surface area contributed by atoms with E-state index in [1.54, 1.807) is 12.1 Å². The van der Waals surface area contributed by atoms with Crippen LogP contribution in [-0.4, -0.2) is 31.4 Å². The van der Waals surface area contributed by atoms with Crippen molar-refractivity contribution in [1.82, 2.24) is 0 Å². The third kappa shape index (κ3) is 3.54. The van der Waals surface area contributed by atoms with Gasteiger partial charge in [0, 0.05) is 5.82 Å². The lowest BCUT2D eigenvalue weighted by atomic mass is 9.66. The van der Waals surface area contributed by atoms with Gasteiger partial charge in [0.15, 0.2) is 0 Å². The Labute approximate surface area is 141 Å². The third-order valence-electron chi connectivity index (χ3n) is 4.60. The van der Waals surface area contributed by atoms with Crippen molar-refractivity contribution < 1.29 is 23.2 Å². The number of hydrogen-bond acceptors (Lipinski definition) is 4. The van der Waals surface area contributed by atoms with Gasteiger partial charge in [-0.2, -0.15) is 0 Å². The van der Waals surface area contributed by atoms with Gasteiger partial charge in [-0.3, -0.25) is 4.79 Å².